The molecule has 27 heavy (non-hydrogen) atoms. The summed E-state index contributed by atoms with van der Waals surface area (Å²) in [5.74, 6) is -2.44. The van der Waals surface area contributed by atoms with E-state index < -0.39 is 35.8 Å². The van der Waals surface area contributed by atoms with Crippen molar-refractivity contribution in [3.05, 3.63) is 41.8 Å². The van der Waals surface area contributed by atoms with Crippen LogP contribution in [0.25, 0.3) is 0 Å². The number of esters is 1. The molecule has 1 aromatic carbocycles. The molecule has 0 unspecified atom stereocenters. The van der Waals surface area contributed by atoms with Crippen molar-refractivity contribution in [3.8, 4) is 0 Å². The van der Waals surface area contributed by atoms with E-state index in [1.165, 1.54) is 0 Å². The van der Waals surface area contributed by atoms with E-state index in [4.69, 9.17) is 9.47 Å². The summed E-state index contributed by atoms with van der Waals surface area (Å²) in [7, 11) is 0. The van der Waals surface area contributed by atoms with E-state index in [1.54, 1.807) is 45.0 Å². The van der Waals surface area contributed by atoms with E-state index in [0.29, 0.717) is 5.69 Å². The Labute approximate surface area is 156 Å². The molecule has 0 radical (unpaired) electrons. The van der Waals surface area contributed by atoms with Gasteiger partial charge in [-0.15, -0.1) is 0 Å². The zero-order chi connectivity index (χ0) is 20.0. The smallest absolute Gasteiger partial charge is 0.347 e. The number of amides is 3. The van der Waals surface area contributed by atoms with E-state index in [-0.39, 0.29) is 18.1 Å². The van der Waals surface area contributed by atoms with Crippen molar-refractivity contribution in [2.24, 2.45) is 0 Å². The van der Waals surface area contributed by atoms with E-state index in [2.05, 4.69) is 10.6 Å². The second-order valence-electron chi connectivity index (χ2n) is 6.74. The van der Waals surface area contributed by atoms with Gasteiger partial charge in [-0.05, 0) is 32.9 Å². The van der Waals surface area contributed by atoms with Gasteiger partial charge in [-0.1, -0.05) is 18.2 Å². The summed E-state index contributed by atoms with van der Waals surface area (Å²) in [5.41, 5.74) is -0.229. The Morgan fingerprint density at radius 2 is 1.81 bits per heavy atom. The Hall–Kier alpha value is -3.36. The molecule has 2 rings (SSSR count). The van der Waals surface area contributed by atoms with Gasteiger partial charge in [0.05, 0.1) is 0 Å². The van der Waals surface area contributed by atoms with Gasteiger partial charge in [0.15, 0.2) is 18.8 Å². The van der Waals surface area contributed by atoms with Crippen LogP contribution in [0.2, 0.25) is 0 Å². The number of benzene rings is 1. The number of ketones is 1. The predicted octanol–water partition coefficient (Wildman–Crippen LogP) is 1.08. The van der Waals surface area contributed by atoms with Crippen molar-refractivity contribution in [2.45, 2.75) is 26.3 Å². The van der Waals surface area contributed by atoms with Gasteiger partial charge in [0.2, 0.25) is 11.7 Å². The van der Waals surface area contributed by atoms with Crippen LogP contribution in [0.3, 0.4) is 0 Å². The van der Waals surface area contributed by atoms with Crippen LogP contribution in [0.1, 0.15) is 20.8 Å². The Balaban J connectivity index is 1.94. The standard InChI is InChI=1S/C18H21N3O6/c1-18(2,3)21-17(25)20-13(23)10-27-16(24)14-12(22)9-26-15(14)19-11-7-5-4-6-8-11/h4-8,19H,9-10H2,1-3H3,(H2,20,21,23,25). The van der Waals surface area contributed by atoms with Crippen LogP contribution in [-0.4, -0.2) is 42.4 Å². The van der Waals surface area contributed by atoms with Gasteiger partial charge < -0.3 is 20.1 Å². The second-order valence-corrected chi connectivity index (χ2v) is 6.74. The summed E-state index contributed by atoms with van der Waals surface area (Å²) in [6, 6.07) is 8.08. The van der Waals surface area contributed by atoms with Gasteiger partial charge in [0.25, 0.3) is 5.91 Å². The van der Waals surface area contributed by atoms with Crippen molar-refractivity contribution in [3.63, 3.8) is 0 Å². The number of Topliss-reactive ketones (excluding diaryl/α,β-unsaturated/α-hetero) is 1. The van der Waals surface area contributed by atoms with Gasteiger partial charge in [-0.25, -0.2) is 9.59 Å². The lowest BCUT2D eigenvalue weighted by Gasteiger charge is -2.20. The first kappa shape index (κ1) is 20.0. The third kappa shape index (κ3) is 6.14. The van der Waals surface area contributed by atoms with E-state index in [0.717, 1.165) is 0 Å². The maximum absolute atomic E-state index is 12.2. The molecule has 3 N–H and O–H groups in total. The van der Waals surface area contributed by atoms with Crippen LogP contribution in [0.5, 0.6) is 0 Å². The van der Waals surface area contributed by atoms with Gasteiger partial charge in [-0.3, -0.25) is 14.9 Å². The van der Waals surface area contributed by atoms with Crippen molar-refractivity contribution >= 4 is 29.4 Å². The molecule has 1 heterocycles. The lowest BCUT2D eigenvalue weighted by molar-refractivity contribution is -0.145. The highest BCUT2D eigenvalue weighted by Crippen LogP contribution is 2.20. The molecule has 3 amide bonds. The molecule has 0 bridgehead atoms. The molecule has 144 valence electrons. The molecule has 9 heteroatoms. The second kappa shape index (κ2) is 8.35. The van der Waals surface area contributed by atoms with E-state index >= 15 is 0 Å². The molecule has 9 nitrogen and oxygen atoms in total. The summed E-state index contributed by atoms with van der Waals surface area (Å²) in [5, 5.41) is 7.38. The van der Waals surface area contributed by atoms with Crippen molar-refractivity contribution in [1.29, 1.82) is 0 Å². The highest BCUT2D eigenvalue weighted by Gasteiger charge is 2.33. The van der Waals surface area contributed by atoms with Gasteiger partial charge in [0, 0.05) is 11.2 Å². The van der Waals surface area contributed by atoms with Crippen LogP contribution >= 0.6 is 0 Å². The van der Waals surface area contributed by atoms with Crippen LogP contribution in [0.4, 0.5) is 10.5 Å². The molecule has 0 saturated carbocycles. The van der Waals surface area contributed by atoms with Crippen LogP contribution < -0.4 is 16.0 Å². The fourth-order valence-electron chi connectivity index (χ4n) is 2.10. The lowest BCUT2D eigenvalue weighted by Crippen LogP contribution is -2.49. The molecular weight excluding hydrogens is 354 g/mol. The molecule has 0 aromatic heterocycles. The van der Waals surface area contributed by atoms with Crippen molar-refractivity contribution in [2.75, 3.05) is 18.5 Å². The van der Waals surface area contributed by atoms with Crippen LogP contribution in [0, 0.1) is 0 Å². The number of urea groups is 1. The Morgan fingerprint density at radius 3 is 2.44 bits per heavy atom. The molecule has 1 aliphatic rings. The molecule has 0 saturated heterocycles. The molecule has 1 aliphatic heterocycles. The van der Waals surface area contributed by atoms with Crippen LogP contribution in [-0.2, 0) is 23.9 Å². The highest BCUT2D eigenvalue weighted by molar-refractivity contribution is 6.20. The number of hydrogen-bond acceptors (Lipinski definition) is 7. The molecule has 0 aliphatic carbocycles. The number of para-hydroxylation sites is 1. The van der Waals surface area contributed by atoms with Crippen molar-refractivity contribution in [1.82, 2.24) is 10.6 Å². The minimum Gasteiger partial charge on any atom is -0.470 e. The Bertz CT molecular complexity index is 780. The quantitative estimate of drug-likeness (QED) is 0.520. The van der Waals surface area contributed by atoms with Gasteiger partial charge in [0.1, 0.15) is 0 Å². The maximum Gasteiger partial charge on any atom is 0.347 e. The monoisotopic (exact) mass is 375 g/mol. The number of rotatable bonds is 5. The third-order valence-electron chi connectivity index (χ3n) is 3.17. The first-order valence-electron chi connectivity index (χ1n) is 8.17. The Morgan fingerprint density at radius 1 is 1.15 bits per heavy atom. The topological polar surface area (TPSA) is 123 Å². The number of ether oxygens (including phenoxy) is 2. The van der Waals surface area contributed by atoms with E-state index in [1.807, 2.05) is 11.4 Å². The lowest BCUT2D eigenvalue weighted by atomic mass is 10.1. The summed E-state index contributed by atoms with van der Waals surface area (Å²) < 4.78 is 10.0. The summed E-state index contributed by atoms with van der Waals surface area (Å²) in [6.07, 6.45) is 0. The minimum atomic E-state index is -1.01. The van der Waals surface area contributed by atoms with Gasteiger partial charge in [-0.2, -0.15) is 0 Å². The van der Waals surface area contributed by atoms with E-state index in [9.17, 15) is 19.2 Å². The zero-order valence-corrected chi connectivity index (χ0v) is 15.3. The van der Waals surface area contributed by atoms with Crippen molar-refractivity contribution < 1.29 is 28.7 Å². The number of imide groups is 1. The SMILES string of the molecule is CC(C)(C)NC(=O)NC(=O)COC(=O)C1=C(Nc2ccccc2)OCC1=O. The normalized spacial score (nSPS) is 13.7. The maximum atomic E-state index is 12.2. The average Bonchev–Trinajstić information content (AvgIpc) is 2.92. The molecule has 0 spiro atoms. The number of hydrogen-bond donors (Lipinski definition) is 3. The number of nitrogens with one attached hydrogen (secondary N) is 3. The minimum absolute atomic E-state index is 0.0397. The summed E-state index contributed by atoms with van der Waals surface area (Å²) >= 11 is 0. The third-order valence-corrected chi connectivity index (χ3v) is 3.17. The molecule has 0 atom stereocenters. The number of carbonyl (C=O) groups is 4. The first-order valence-corrected chi connectivity index (χ1v) is 8.17. The average molecular weight is 375 g/mol. The van der Waals surface area contributed by atoms with Crippen LogP contribution in [0.15, 0.2) is 41.8 Å². The zero-order valence-electron chi connectivity index (χ0n) is 15.3. The predicted molar refractivity (Wildman–Crippen MR) is 95.4 cm³/mol. The Kier molecular flexibility index (Phi) is 6.17. The summed E-state index contributed by atoms with van der Waals surface area (Å²) in [4.78, 5) is 47.4. The molecular formula is C18H21N3O6. The fourth-order valence-corrected chi connectivity index (χ4v) is 2.10. The highest BCUT2D eigenvalue weighted by atomic mass is 16.5. The molecule has 1 aromatic rings. The number of anilines is 1. The largest absolute Gasteiger partial charge is 0.470 e. The number of carbonyl (C=O) groups excluding carboxylic acids is 4. The molecule has 0 fully saturated rings. The first-order chi connectivity index (χ1) is 12.7. The van der Waals surface area contributed by atoms with Gasteiger partial charge >= 0.3 is 12.0 Å². The fraction of sp³-hybridized carbons (Fsp3) is 0.333. The summed E-state index contributed by atoms with van der Waals surface area (Å²) in [6.45, 7) is 4.22.